The number of nitrogens with zero attached hydrogens (tertiary/aromatic N) is 2. The second-order valence-corrected chi connectivity index (χ2v) is 11.1. The van der Waals surface area contributed by atoms with Crippen molar-refractivity contribution < 1.29 is 40.7 Å². The van der Waals surface area contributed by atoms with Crippen molar-refractivity contribution in [3.63, 3.8) is 0 Å². The van der Waals surface area contributed by atoms with Crippen molar-refractivity contribution in [3.05, 3.63) is 35.9 Å². The first-order chi connectivity index (χ1) is 14.7. The lowest BCUT2D eigenvalue weighted by molar-refractivity contribution is -0.198. The number of likely N-dealkylation sites (N-methyl/N-ethyl adjacent to an activating group) is 1. The molecule has 2 heterocycles. The van der Waals surface area contributed by atoms with Crippen molar-refractivity contribution in [1.82, 2.24) is 9.80 Å². The van der Waals surface area contributed by atoms with Gasteiger partial charge in [0.1, 0.15) is 17.4 Å². The van der Waals surface area contributed by atoms with E-state index in [-0.39, 0.29) is 17.9 Å². The Hall–Kier alpha value is -2.63. The molecule has 0 saturated carbocycles. The molecule has 2 aliphatic rings. The van der Waals surface area contributed by atoms with Crippen molar-refractivity contribution in [2.75, 3.05) is 7.05 Å². The number of carbonyl (C=O) groups is 3. The van der Waals surface area contributed by atoms with E-state index in [1.54, 1.807) is 30.3 Å². The number of carbonyl (C=O) groups excluding carboxylic acids is 3. The third-order valence-electron chi connectivity index (χ3n) is 6.28. The van der Waals surface area contributed by atoms with Crippen LogP contribution in [-0.4, -0.2) is 70.9 Å². The van der Waals surface area contributed by atoms with E-state index in [4.69, 9.17) is 4.74 Å². The van der Waals surface area contributed by atoms with Gasteiger partial charge in [-0.1, -0.05) is 37.3 Å². The summed E-state index contributed by atoms with van der Waals surface area (Å²) in [4.78, 5) is 36.4. The smallest absolute Gasteiger partial charge is 0.459 e. The fraction of sp³-hybridized carbons (Fsp3) is 0.550. The minimum atomic E-state index is -5.30. The Morgan fingerprint density at radius 2 is 1.75 bits per heavy atom. The zero-order chi connectivity index (χ0) is 24.3. The summed E-state index contributed by atoms with van der Waals surface area (Å²) in [6, 6.07) is 5.07. The molecular formula is C20H23F3N2O6S. The summed E-state index contributed by atoms with van der Waals surface area (Å²) in [5.41, 5.74) is 0.629. The molecule has 2 saturated heterocycles. The molecule has 1 aromatic rings. The van der Waals surface area contributed by atoms with E-state index in [0.717, 1.165) is 11.9 Å². The topological polar surface area (TPSA) is 101 Å². The van der Waals surface area contributed by atoms with E-state index in [9.17, 15) is 36.0 Å². The maximum absolute atomic E-state index is 13.5. The van der Waals surface area contributed by atoms with Gasteiger partial charge in [0.05, 0.1) is 0 Å². The number of ether oxygens (including phenoxy) is 1. The second-order valence-electron chi connectivity index (χ2n) is 8.33. The Labute approximate surface area is 183 Å². The Morgan fingerprint density at radius 1 is 1.19 bits per heavy atom. The van der Waals surface area contributed by atoms with E-state index < -0.39 is 55.5 Å². The summed E-state index contributed by atoms with van der Waals surface area (Å²) in [5, 5.41) is 0. The number of sulfone groups is 1. The van der Waals surface area contributed by atoms with E-state index in [0.29, 0.717) is 5.56 Å². The van der Waals surface area contributed by atoms with Crippen molar-refractivity contribution in [2.24, 2.45) is 0 Å². The highest BCUT2D eigenvalue weighted by Crippen LogP contribution is 2.57. The molecule has 3 atom stereocenters. The van der Waals surface area contributed by atoms with Gasteiger partial charge in [-0.15, -0.1) is 0 Å². The third kappa shape index (κ3) is 3.02. The molecule has 0 N–H and O–H groups in total. The van der Waals surface area contributed by atoms with Crippen molar-refractivity contribution >= 4 is 27.6 Å². The van der Waals surface area contributed by atoms with Gasteiger partial charge < -0.3 is 14.5 Å². The molecule has 0 spiro atoms. The zero-order valence-corrected chi connectivity index (χ0v) is 18.7. The predicted molar refractivity (Wildman–Crippen MR) is 106 cm³/mol. The van der Waals surface area contributed by atoms with Crippen LogP contribution in [0.1, 0.15) is 32.8 Å². The lowest BCUT2D eigenvalue weighted by atomic mass is 9.86. The average molecular weight is 476 g/mol. The largest absolute Gasteiger partial charge is 0.471 e. The third-order valence-corrected chi connectivity index (χ3v) is 9.53. The molecule has 0 radical (unpaired) electrons. The van der Waals surface area contributed by atoms with Crippen LogP contribution >= 0.6 is 0 Å². The first-order valence-corrected chi connectivity index (χ1v) is 11.3. The monoisotopic (exact) mass is 476 g/mol. The summed E-state index contributed by atoms with van der Waals surface area (Å²) in [6.45, 7) is 3.65. The number of hydrogen-bond donors (Lipinski definition) is 0. The Bertz CT molecular complexity index is 1060. The number of benzene rings is 1. The molecule has 12 heteroatoms. The van der Waals surface area contributed by atoms with E-state index in [1.807, 2.05) is 0 Å². The normalized spacial score (nSPS) is 28.0. The molecule has 0 bridgehead atoms. The molecule has 2 aliphatic heterocycles. The molecule has 0 aromatic heterocycles. The standard InChI is InChI=1S/C20H23F3N2O6S/c1-5-19-13(24(4)17(28)20(21,22)23)15(26)25(19)14(18(2,3)32(19,29)30)16(27)31-11-12-9-7-6-8-10-12/h6-10,13-14H,5,11H2,1-4H3/t13-,14+,19?/m1/s1. The van der Waals surface area contributed by atoms with Crippen LogP contribution in [0.5, 0.6) is 0 Å². The van der Waals surface area contributed by atoms with Crippen LogP contribution in [0, 0.1) is 0 Å². The highest BCUT2D eigenvalue weighted by Gasteiger charge is 2.82. The molecule has 2 amide bonds. The molecular weight excluding hydrogens is 453 g/mol. The predicted octanol–water partition coefficient (Wildman–Crippen LogP) is 1.64. The Morgan fingerprint density at radius 3 is 2.25 bits per heavy atom. The van der Waals surface area contributed by atoms with Gasteiger partial charge >= 0.3 is 18.1 Å². The van der Waals surface area contributed by atoms with Crippen LogP contribution in [-0.2, 0) is 35.6 Å². The summed E-state index contributed by atoms with van der Waals surface area (Å²) in [6.07, 6.45) is -5.61. The van der Waals surface area contributed by atoms with Gasteiger partial charge in [-0.3, -0.25) is 9.59 Å². The van der Waals surface area contributed by atoms with Gasteiger partial charge in [-0.05, 0) is 25.8 Å². The van der Waals surface area contributed by atoms with Crippen LogP contribution in [0.15, 0.2) is 30.3 Å². The van der Waals surface area contributed by atoms with Crippen LogP contribution in [0.2, 0.25) is 0 Å². The SMILES string of the molecule is CCC12[C@H](N(C)C(=O)C(F)(F)F)C(=O)N1[C@@H](C(=O)OCc1ccccc1)C(C)(C)S2(=O)=O. The molecule has 0 aliphatic carbocycles. The van der Waals surface area contributed by atoms with Crippen LogP contribution in [0.25, 0.3) is 0 Å². The molecule has 3 rings (SSSR count). The van der Waals surface area contributed by atoms with Gasteiger partial charge in [0, 0.05) is 7.05 Å². The maximum atomic E-state index is 13.5. The minimum absolute atomic E-state index is 0.105. The summed E-state index contributed by atoms with van der Waals surface area (Å²) in [7, 11) is -3.68. The molecule has 1 unspecified atom stereocenters. The first-order valence-electron chi connectivity index (χ1n) is 9.78. The average Bonchev–Trinajstić information content (AvgIpc) is 2.83. The number of alkyl halides is 3. The van der Waals surface area contributed by atoms with Crippen molar-refractivity contribution in [1.29, 1.82) is 0 Å². The summed E-state index contributed by atoms with van der Waals surface area (Å²) >= 11 is 0. The lowest BCUT2D eigenvalue weighted by Gasteiger charge is -2.55. The van der Waals surface area contributed by atoms with E-state index in [1.165, 1.54) is 20.8 Å². The van der Waals surface area contributed by atoms with Crippen molar-refractivity contribution in [2.45, 2.75) is 61.7 Å². The maximum Gasteiger partial charge on any atom is 0.471 e. The molecule has 2 fully saturated rings. The molecule has 176 valence electrons. The van der Waals surface area contributed by atoms with Crippen molar-refractivity contribution in [3.8, 4) is 0 Å². The van der Waals surface area contributed by atoms with E-state index >= 15 is 0 Å². The number of fused-ring (bicyclic) bond motifs is 1. The summed E-state index contributed by atoms with van der Waals surface area (Å²) in [5.74, 6) is -4.39. The quantitative estimate of drug-likeness (QED) is 0.473. The zero-order valence-electron chi connectivity index (χ0n) is 17.8. The van der Waals surface area contributed by atoms with Crippen LogP contribution < -0.4 is 0 Å². The second kappa shape index (κ2) is 7.46. The number of hydrogen-bond acceptors (Lipinski definition) is 6. The fourth-order valence-electron chi connectivity index (χ4n) is 4.65. The number of halogens is 3. The molecule has 32 heavy (non-hydrogen) atoms. The van der Waals surface area contributed by atoms with Gasteiger partial charge in [0.25, 0.3) is 5.91 Å². The molecule has 1 aromatic carbocycles. The number of esters is 1. The highest BCUT2D eigenvalue weighted by atomic mass is 32.2. The van der Waals surface area contributed by atoms with Gasteiger partial charge in [-0.25, -0.2) is 13.2 Å². The van der Waals surface area contributed by atoms with Crippen LogP contribution in [0.3, 0.4) is 0 Å². The fourth-order valence-corrected chi connectivity index (χ4v) is 7.44. The minimum Gasteiger partial charge on any atom is -0.459 e. The number of β-lactam (4-membered cyclic amide) rings is 1. The van der Waals surface area contributed by atoms with Gasteiger partial charge in [0.15, 0.2) is 20.8 Å². The van der Waals surface area contributed by atoms with E-state index in [2.05, 4.69) is 0 Å². The van der Waals surface area contributed by atoms with Crippen LogP contribution in [0.4, 0.5) is 13.2 Å². The summed E-state index contributed by atoms with van der Waals surface area (Å²) < 4.78 is 69.4. The molecule has 8 nitrogen and oxygen atoms in total. The highest BCUT2D eigenvalue weighted by molar-refractivity contribution is 7.94. The first kappa shape index (κ1) is 24.0. The lowest BCUT2D eigenvalue weighted by Crippen LogP contribution is -2.80. The van der Waals surface area contributed by atoms with Gasteiger partial charge in [0.2, 0.25) is 0 Å². The van der Waals surface area contributed by atoms with Gasteiger partial charge in [-0.2, -0.15) is 13.2 Å². The number of amides is 2. The Kier molecular flexibility index (Phi) is 5.60. The number of rotatable bonds is 5. The Balaban J connectivity index is 2.00.